The zero-order valence-corrected chi connectivity index (χ0v) is 11.1. The maximum Gasteiger partial charge on any atom is 0.125 e. The Morgan fingerprint density at radius 2 is 2.06 bits per heavy atom. The van der Waals surface area contributed by atoms with E-state index in [1.807, 2.05) is 14.0 Å². The first kappa shape index (κ1) is 11.6. The van der Waals surface area contributed by atoms with E-state index < -0.39 is 0 Å². The fourth-order valence-electron chi connectivity index (χ4n) is 1.64. The van der Waals surface area contributed by atoms with Crippen molar-refractivity contribution in [1.82, 2.24) is 9.78 Å². The molecule has 1 aromatic carbocycles. The summed E-state index contributed by atoms with van der Waals surface area (Å²) in [7, 11) is 1.81. The van der Waals surface area contributed by atoms with E-state index in [-0.39, 0.29) is 5.82 Å². The summed E-state index contributed by atoms with van der Waals surface area (Å²) in [5.74, 6) is -0.353. The minimum atomic E-state index is -0.353. The van der Waals surface area contributed by atoms with E-state index in [1.54, 1.807) is 10.7 Å². The van der Waals surface area contributed by atoms with Crippen LogP contribution in [0.15, 0.2) is 22.7 Å². The minimum Gasteiger partial charge on any atom is -0.266 e. The third kappa shape index (κ3) is 1.99. The van der Waals surface area contributed by atoms with Crippen LogP contribution in [0, 0.1) is 12.7 Å². The zero-order chi connectivity index (χ0) is 11.9. The Morgan fingerprint density at radius 1 is 1.38 bits per heavy atom. The molecule has 0 radical (unpaired) electrons. The van der Waals surface area contributed by atoms with Gasteiger partial charge in [0.1, 0.15) is 5.82 Å². The molecule has 0 spiro atoms. The Kier molecular flexibility index (Phi) is 3.04. The lowest BCUT2D eigenvalue weighted by molar-refractivity contribution is 0.628. The van der Waals surface area contributed by atoms with Crippen molar-refractivity contribution < 1.29 is 4.39 Å². The van der Waals surface area contributed by atoms with Crippen molar-refractivity contribution in [3.63, 3.8) is 0 Å². The van der Waals surface area contributed by atoms with Gasteiger partial charge in [-0.1, -0.05) is 11.6 Å². The van der Waals surface area contributed by atoms with Crippen LogP contribution in [0.1, 0.15) is 5.69 Å². The summed E-state index contributed by atoms with van der Waals surface area (Å²) >= 11 is 9.26. The van der Waals surface area contributed by atoms with Crippen LogP contribution in [0.3, 0.4) is 0 Å². The SMILES string of the molecule is Cc1nn(C)c(-c2cc(F)cc(Cl)c2)c1Br. The number of nitrogens with zero attached hydrogens (tertiary/aromatic N) is 2. The molecule has 0 unspecified atom stereocenters. The van der Waals surface area contributed by atoms with Crippen LogP contribution < -0.4 is 0 Å². The Morgan fingerprint density at radius 3 is 2.56 bits per heavy atom. The molecule has 0 aliphatic rings. The molecule has 5 heteroatoms. The summed E-state index contributed by atoms with van der Waals surface area (Å²) in [4.78, 5) is 0. The molecule has 2 nitrogen and oxygen atoms in total. The van der Waals surface area contributed by atoms with Gasteiger partial charge in [0.2, 0.25) is 0 Å². The molecule has 0 saturated carbocycles. The van der Waals surface area contributed by atoms with Crippen molar-refractivity contribution in [2.24, 2.45) is 7.05 Å². The molecule has 2 rings (SSSR count). The molecule has 1 aromatic heterocycles. The topological polar surface area (TPSA) is 17.8 Å². The summed E-state index contributed by atoms with van der Waals surface area (Å²) in [6, 6.07) is 4.43. The van der Waals surface area contributed by atoms with E-state index in [1.165, 1.54) is 12.1 Å². The highest BCUT2D eigenvalue weighted by molar-refractivity contribution is 9.10. The molecule has 2 aromatic rings. The third-order valence-electron chi connectivity index (χ3n) is 2.29. The van der Waals surface area contributed by atoms with E-state index >= 15 is 0 Å². The van der Waals surface area contributed by atoms with Gasteiger partial charge < -0.3 is 0 Å². The van der Waals surface area contributed by atoms with E-state index in [0.717, 1.165) is 15.9 Å². The Balaban J connectivity index is 2.67. The number of aromatic nitrogens is 2. The Hall–Kier alpha value is -0.870. The number of aryl methyl sites for hydroxylation is 2. The van der Waals surface area contributed by atoms with Crippen LogP contribution in [-0.4, -0.2) is 9.78 Å². The van der Waals surface area contributed by atoms with Gasteiger partial charge in [-0.15, -0.1) is 0 Å². The van der Waals surface area contributed by atoms with Gasteiger partial charge in [0.05, 0.1) is 15.9 Å². The average Bonchev–Trinajstić information content (AvgIpc) is 2.39. The molecule has 0 atom stereocenters. The van der Waals surface area contributed by atoms with Crippen molar-refractivity contribution in [3.8, 4) is 11.3 Å². The molecule has 16 heavy (non-hydrogen) atoms. The van der Waals surface area contributed by atoms with Gasteiger partial charge in [0.15, 0.2) is 0 Å². The second-order valence-electron chi connectivity index (χ2n) is 3.53. The van der Waals surface area contributed by atoms with E-state index in [9.17, 15) is 4.39 Å². The quantitative estimate of drug-likeness (QED) is 0.780. The predicted molar refractivity (Wildman–Crippen MR) is 66.0 cm³/mol. The van der Waals surface area contributed by atoms with Crippen LogP contribution in [0.5, 0.6) is 0 Å². The van der Waals surface area contributed by atoms with Crippen LogP contribution in [0.25, 0.3) is 11.3 Å². The molecule has 0 aliphatic heterocycles. The second kappa shape index (κ2) is 4.18. The Bertz CT molecular complexity index is 531. The zero-order valence-electron chi connectivity index (χ0n) is 8.76. The number of hydrogen-bond acceptors (Lipinski definition) is 1. The smallest absolute Gasteiger partial charge is 0.125 e. The minimum absolute atomic E-state index is 0.353. The van der Waals surface area contributed by atoms with Gasteiger partial charge in [-0.05, 0) is 41.1 Å². The average molecular weight is 304 g/mol. The third-order valence-corrected chi connectivity index (χ3v) is 3.45. The maximum atomic E-state index is 13.3. The summed E-state index contributed by atoms with van der Waals surface area (Å²) < 4.78 is 15.8. The van der Waals surface area contributed by atoms with Crippen LogP contribution in [0.4, 0.5) is 4.39 Å². The van der Waals surface area contributed by atoms with Gasteiger partial charge in [-0.25, -0.2) is 4.39 Å². The molecule has 0 saturated heterocycles. The first-order chi connectivity index (χ1) is 7.49. The molecular weight excluding hydrogens is 294 g/mol. The number of hydrogen-bond donors (Lipinski definition) is 0. The predicted octanol–water partition coefficient (Wildman–Crippen LogP) is 3.95. The lowest BCUT2D eigenvalue weighted by atomic mass is 10.1. The van der Waals surface area contributed by atoms with Gasteiger partial charge in [0, 0.05) is 17.6 Å². The van der Waals surface area contributed by atoms with Gasteiger partial charge in [-0.2, -0.15) is 5.10 Å². The van der Waals surface area contributed by atoms with E-state index in [2.05, 4.69) is 21.0 Å². The first-order valence-electron chi connectivity index (χ1n) is 4.64. The largest absolute Gasteiger partial charge is 0.266 e. The molecule has 0 fully saturated rings. The van der Waals surface area contributed by atoms with E-state index in [4.69, 9.17) is 11.6 Å². The molecular formula is C11H9BrClFN2. The number of rotatable bonds is 1. The van der Waals surface area contributed by atoms with Crippen molar-refractivity contribution >= 4 is 27.5 Å². The fourth-order valence-corrected chi connectivity index (χ4v) is 2.42. The molecule has 0 bridgehead atoms. The van der Waals surface area contributed by atoms with Crippen LogP contribution in [0.2, 0.25) is 5.02 Å². The second-order valence-corrected chi connectivity index (χ2v) is 4.76. The van der Waals surface area contributed by atoms with Gasteiger partial charge in [-0.3, -0.25) is 4.68 Å². The molecule has 0 amide bonds. The van der Waals surface area contributed by atoms with Gasteiger partial charge >= 0.3 is 0 Å². The standard InChI is InChI=1S/C11H9BrClFN2/c1-6-10(12)11(16(2)15-6)7-3-8(13)5-9(14)4-7/h3-5H,1-2H3. The molecule has 84 valence electrons. The maximum absolute atomic E-state index is 13.3. The number of halogens is 3. The highest BCUT2D eigenvalue weighted by atomic mass is 79.9. The van der Waals surface area contributed by atoms with Crippen molar-refractivity contribution in [3.05, 3.63) is 39.2 Å². The number of benzene rings is 1. The van der Waals surface area contributed by atoms with Crippen LogP contribution in [-0.2, 0) is 7.05 Å². The summed E-state index contributed by atoms with van der Waals surface area (Å²) in [5, 5.41) is 4.63. The summed E-state index contributed by atoms with van der Waals surface area (Å²) in [6.07, 6.45) is 0. The van der Waals surface area contributed by atoms with Crippen molar-refractivity contribution in [2.45, 2.75) is 6.92 Å². The van der Waals surface area contributed by atoms with Crippen molar-refractivity contribution in [2.75, 3.05) is 0 Å². The Labute approximate surface area is 106 Å². The molecule has 0 N–H and O–H groups in total. The summed E-state index contributed by atoms with van der Waals surface area (Å²) in [6.45, 7) is 1.88. The highest BCUT2D eigenvalue weighted by Crippen LogP contribution is 2.32. The monoisotopic (exact) mass is 302 g/mol. The van der Waals surface area contributed by atoms with E-state index in [0.29, 0.717) is 10.6 Å². The lowest BCUT2D eigenvalue weighted by Gasteiger charge is -2.04. The van der Waals surface area contributed by atoms with Crippen molar-refractivity contribution in [1.29, 1.82) is 0 Å². The molecule has 1 heterocycles. The van der Waals surface area contributed by atoms with Crippen LogP contribution >= 0.6 is 27.5 Å². The fraction of sp³-hybridized carbons (Fsp3) is 0.182. The lowest BCUT2D eigenvalue weighted by Crippen LogP contribution is -1.94. The first-order valence-corrected chi connectivity index (χ1v) is 5.81. The highest BCUT2D eigenvalue weighted by Gasteiger charge is 2.13. The van der Waals surface area contributed by atoms with Gasteiger partial charge in [0.25, 0.3) is 0 Å². The normalized spacial score (nSPS) is 10.8. The molecule has 0 aliphatic carbocycles. The summed E-state index contributed by atoms with van der Waals surface area (Å²) in [5.41, 5.74) is 2.39.